The van der Waals surface area contributed by atoms with Gasteiger partial charge < -0.3 is 5.32 Å². The summed E-state index contributed by atoms with van der Waals surface area (Å²) in [5.41, 5.74) is 4.43. The highest BCUT2D eigenvalue weighted by Crippen LogP contribution is 2.35. The highest BCUT2D eigenvalue weighted by Gasteiger charge is 2.31. The zero-order chi connectivity index (χ0) is 17.4. The van der Waals surface area contributed by atoms with Crippen molar-refractivity contribution in [3.63, 3.8) is 0 Å². The first-order valence-corrected chi connectivity index (χ1v) is 8.41. The Balaban J connectivity index is 1.72. The van der Waals surface area contributed by atoms with Gasteiger partial charge in [-0.3, -0.25) is 19.1 Å². The quantitative estimate of drug-likeness (QED) is 0.929. The fourth-order valence-corrected chi connectivity index (χ4v) is 3.71. The molecular formula is C17H26N6O. The Morgan fingerprint density at radius 2 is 2.00 bits per heavy atom. The fraction of sp³-hybridized carbons (Fsp3) is 0.588. The van der Waals surface area contributed by atoms with E-state index in [2.05, 4.69) is 34.3 Å². The topological polar surface area (TPSA) is 68.0 Å². The van der Waals surface area contributed by atoms with E-state index in [-0.39, 0.29) is 11.9 Å². The molecule has 0 unspecified atom stereocenters. The van der Waals surface area contributed by atoms with Gasteiger partial charge in [-0.05, 0) is 40.2 Å². The predicted molar refractivity (Wildman–Crippen MR) is 92.8 cm³/mol. The van der Waals surface area contributed by atoms with Gasteiger partial charge in [-0.2, -0.15) is 10.2 Å². The lowest BCUT2D eigenvalue weighted by Gasteiger charge is -2.24. The van der Waals surface area contributed by atoms with Crippen LogP contribution in [0.25, 0.3) is 0 Å². The zero-order valence-electron chi connectivity index (χ0n) is 15.1. The van der Waals surface area contributed by atoms with Crippen LogP contribution in [-0.4, -0.2) is 43.5 Å². The third-order valence-corrected chi connectivity index (χ3v) is 4.88. The predicted octanol–water partition coefficient (Wildman–Crippen LogP) is 1.85. The summed E-state index contributed by atoms with van der Waals surface area (Å²) >= 11 is 0. The van der Waals surface area contributed by atoms with Gasteiger partial charge in [0.15, 0.2) is 0 Å². The molecule has 2 aromatic heterocycles. The second-order valence-electron chi connectivity index (χ2n) is 6.68. The van der Waals surface area contributed by atoms with Gasteiger partial charge in [0, 0.05) is 37.5 Å². The summed E-state index contributed by atoms with van der Waals surface area (Å²) in [4.78, 5) is 14.7. The molecule has 0 aromatic carbocycles. The molecule has 0 radical (unpaired) electrons. The van der Waals surface area contributed by atoms with Crippen LogP contribution < -0.4 is 5.32 Å². The average molecular weight is 330 g/mol. The SMILES string of the molecule is Cc1cc(NC(=O)CN2CCC[C@@H]2c2c(C)nn(C)c2C)n(C)n1. The number of carbonyl (C=O) groups excluding carboxylic acids is 1. The molecule has 0 spiro atoms. The second kappa shape index (κ2) is 6.39. The molecule has 1 saturated heterocycles. The lowest BCUT2D eigenvalue weighted by atomic mass is 10.0. The molecule has 7 nitrogen and oxygen atoms in total. The van der Waals surface area contributed by atoms with Crippen LogP contribution in [0.15, 0.2) is 6.07 Å². The normalized spacial score (nSPS) is 18.3. The van der Waals surface area contributed by atoms with Crippen molar-refractivity contribution in [1.29, 1.82) is 0 Å². The molecule has 0 bridgehead atoms. The summed E-state index contributed by atoms with van der Waals surface area (Å²) in [5.74, 6) is 0.742. The lowest BCUT2D eigenvalue weighted by molar-refractivity contribution is -0.117. The van der Waals surface area contributed by atoms with E-state index in [1.165, 1.54) is 11.3 Å². The highest BCUT2D eigenvalue weighted by atomic mass is 16.2. The van der Waals surface area contributed by atoms with Gasteiger partial charge in [-0.25, -0.2) is 0 Å². The van der Waals surface area contributed by atoms with Crippen molar-refractivity contribution in [3.8, 4) is 0 Å². The van der Waals surface area contributed by atoms with E-state index in [4.69, 9.17) is 0 Å². The van der Waals surface area contributed by atoms with Crippen molar-refractivity contribution in [3.05, 3.63) is 28.7 Å². The summed E-state index contributed by atoms with van der Waals surface area (Å²) in [6.07, 6.45) is 2.18. The van der Waals surface area contributed by atoms with E-state index >= 15 is 0 Å². The number of aryl methyl sites for hydroxylation is 4. The van der Waals surface area contributed by atoms with Crippen LogP contribution in [0.5, 0.6) is 0 Å². The number of hydrogen-bond acceptors (Lipinski definition) is 4. The molecule has 2 aromatic rings. The smallest absolute Gasteiger partial charge is 0.239 e. The molecule has 3 rings (SSSR count). The first kappa shape index (κ1) is 16.7. The van der Waals surface area contributed by atoms with Crippen molar-refractivity contribution < 1.29 is 4.79 Å². The molecule has 0 saturated carbocycles. The van der Waals surface area contributed by atoms with E-state index in [0.717, 1.165) is 36.6 Å². The third kappa shape index (κ3) is 3.08. The molecule has 1 atom stereocenters. The van der Waals surface area contributed by atoms with Crippen LogP contribution in [0.2, 0.25) is 0 Å². The van der Waals surface area contributed by atoms with Crippen LogP contribution in [0.3, 0.4) is 0 Å². The average Bonchev–Trinajstić information content (AvgIpc) is 3.12. The summed E-state index contributed by atoms with van der Waals surface area (Å²) in [6, 6.07) is 2.16. The Kier molecular flexibility index (Phi) is 4.45. The van der Waals surface area contributed by atoms with E-state index in [1.54, 1.807) is 4.68 Å². The van der Waals surface area contributed by atoms with Crippen molar-refractivity contribution >= 4 is 11.7 Å². The minimum atomic E-state index is 0.00379. The van der Waals surface area contributed by atoms with Gasteiger partial charge in [-0.15, -0.1) is 0 Å². The summed E-state index contributed by atoms with van der Waals surface area (Å²) in [5, 5.41) is 11.8. The highest BCUT2D eigenvalue weighted by molar-refractivity contribution is 5.91. The number of carbonyl (C=O) groups is 1. The number of rotatable bonds is 4. The molecule has 1 fully saturated rings. The monoisotopic (exact) mass is 330 g/mol. The van der Waals surface area contributed by atoms with Crippen molar-refractivity contribution in [2.75, 3.05) is 18.4 Å². The van der Waals surface area contributed by atoms with Crippen molar-refractivity contribution in [1.82, 2.24) is 24.5 Å². The zero-order valence-corrected chi connectivity index (χ0v) is 15.1. The van der Waals surface area contributed by atoms with Gasteiger partial charge in [0.25, 0.3) is 0 Å². The molecule has 130 valence electrons. The fourth-order valence-electron chi connectivity index (χ4n) is 3.71. The molecule has 1 aliphatic rings. The number of likely N-dealkylation sites (tertiary alicyclic amines) is 1. The number of aromatic nitrogens is 4. The maximum atomic E-state index is 12.5. The van der Waals surface area contributed by atoms with Crippen molar-refractivity contribution in [2.24, 2.45) is 14.1 Å². The van der Waals surface area contributed by atoms with Gasteiger partial charge in [0.2, 0.25) is 5.91 Å². The number of nitrogens with one attached hydrogen (secondary N) is 1. The van der Waals surface area contributed by atoms with E-state index in [1.807, 2.05) is 31.8 Å². The van der Waals surface area contributed by atoms with Crippen LogP contribution >= 0.6 is 0 Å². The first-order valence-electron chi connectivity index (χ1n) is 8.41. The summed E-state index contributed by atoms with van der Waals surface area (Å²) in [7, 11) is 3.81. The molecular weight excluding hydrogens is 304 g/mol. The Hall–Kier alpha value is -2.15. The maximum absolute atomic E-state index is 12.5. The second-order valence-corrected chi connectivity index (χ2v) is 6.68. The van der Waals surface area contributed by atoms with Gasteiger partial charge in [0.1, 0.15) is 5.82 Å². The van der Waals surface area contributed by atoms with E-state index in [9.17, 15) is 4.79 Å². The van der Waals surface area contributed by atoms with Crippen LogP contribution in [0, 0.1) is 20.8 Å². The Bertz CT molecular complexity index is 759. The van der Waals surface area contributed by atoms with Crippen molar-refractivity contribution in [2.45, 2.75) is 39.7 Å². The Morgan fingerprint density at radius 1 is 1.25 bits per heavy atom. The molecule has 0 aliphatic carbocycles. The van der Waals surface area contributed by atoms with E-state index in [0.29, 0.717) is 6.54 Å². The molecule has 7 heteroatoms. The number of amides is 1. The standard InChI is InChI=1S/C17H26N6O/c1-11-9-15(22(5)19-11)18-16(24)10-23-8-6-7-14(23)17-12(2)20-21(4)13(17)3/h9,14H,6-8,10H2,1-5H3,(H,18,24)/t14-/m1/s1. The van der Waals surface area contributed by atoms with Crippen LogP contribution in [0.4, 0.5) is 5.82 Å². The van der Waals surface area contributed by atoms with Gasteiger partial charge in [-0.1, -0.05) is 0 Å². The lowest BCUT2D eigenvalue weighted by Crippen LogP contribution is -2.33. The molecule has 24 heavy (non-hydrogen) atoms. The number of hydrogen-bond donors (Lipinski definition) is 1. The van der Waals surface area contributed by atoms with E-state index < -0.39 is 0 Å². The maximum Gasteiger partial charge on any atom is 0.239 e. The summed E-state index contributed by atoms with van der Waals surface area (Å²) < 4.78 is 3.63. The van der Waals surface area contributed by atoms with Crippen LogP contribution in [-0.2, 0) is 18.9 Å². The number of nitrogens with zero attached hydrogens (tertiary/aromatic N) is 5. The minimum Gasteiger partial charge on any atom is -0.310 e. The number of anilines is 1. The Labute approximate surface area is 142 Å². The van der Waals surface area contributed by atoms with Crippen LogP contribution in [0.1, 0.15) is 41.5 Å². The largest absolute Gasteiger partial charge is 0.310 e. The first-order chi connectivity index (χ1) is 11.4. The molecule has 1 N–H and O–H groups in total. The molecule has 3 heterocycles. The molecule has 1 amide bonds. The minimum absolute atomic E-state index is 0.00379. The van der Waals surface area contributed by atoms with Gasteiger partial charge >= 0.3 is 0 Å². The molecule has 1 aliphatic heterocycles. The Morgan fingerprint density at radius 3 is 2.58 bits per heavy atom. The summed E-state index contributed by atoms with van der Waals surface area (Å²) in [6.45, 7) is 7.40. The van der Waals surface area contributed by atoms with Gasteiger partial charge in [0.05, 0.1) is 17.9 Å². The third-order valence-electron chi connectivity index (χ3n) is 4.88.